The Morgan fingerprint density at radius 2 is 1.13 bits per heavy atom. The van der Waals surface area contributed by atoms with Crippen molar-refractivity contribution in [1.29, 1.82) is 0 Å². The van der Waals surface area contributed by atoms with E-state index in [2.05, 4.69) is 13.8 Å². The largest absolute Gasteiger partial charge is 0.462 e. The molecule has 0 bridgehead atoms. The predicted molar refractivity (Wildman–Crippen MR) is 128 cm³/mol. The molecule has 1 unspecified atom stereocenters. The van der Waals surface area contributed by atoms with Crippen LogP contribution in [0.5, 0.6) is 0 Å². The van der Waals surface area contributed by atoms with Crippen molar-refractivity contribution in [3.05, 3.63) is 35.4 Å². The normalized spacial score (nSPS) is 11.8. The van der Waals surface area contributed by atoms with Gasteiger partial charge in [-0.05, 0) is 50.5 Å². The van der Waals surface area contributed by atoms with Gasteiger partial charge in [0.25, 0.3) is 0 Å². The molecule has 0 heterocycles. The second-order valence-electron chi connectivity index (χ2n) is 8.61. The lowest BCUT2D eigenvalue weighted by Crippen LogP contribution is -2.15. The smallest absolute Gasteiger partial charge is 0.338 e. The van der Waals surface area contributed by atoms with Crippen molar-refractivity contribution < 1.29 is 19.1 Å². The Labute approximate surface area is 190 Å². The number of esters is 2. The van der Waals surface area contributed by atoms with Gasteiger partial charge in [-0.15, -0.1) is 0 Å². The van der Waals surface area contributed by atoms with Crippen molar-refractivity contribution in [2.75, 3.05) is 6.61 Å². The Bertz CT molecular complexity index is 594. The van der Waals surface area contributed by atoms with Gasteiger partial charge in [0, 0.05) is 0 Å². The summed E-state index contributed by atoms with van der Waals surface area (Å²) >= 11 is 0. The molecule has 4 nitrogen and oxygen atoms in total. The maximum atomic E-state index is 12.2. The summed E-state index contributed by atoms with van der Waals surface area (Å²) in [6.45, 7) is 6.78. The molecule has 0 radical (unpaired) electrons. The average Bonchev–Trinajstić information content (AvgIpc) is 2.77. The lowest BCUT2D eigenvalue weighted by Gasteiger charge is -2.13. The zero-order valence-electron chi connectivity index (χ0n) is 20.1. The van der Waals surface area contributed by atoms with Crippen LogP contribution in [0, 0.1) is 0 Å². The van der Waals surface area contributed by atoms with E-state index < -0.39 is 0 Å². The van der Waals surface area contributed by atoms with Crippen LogP contribution in [0.15, 0.2) is 24.3 Å². The Morgan fingerprint density at radius 1 is 0.677 bits per heavy atom. The van der Waals surface area contributed by atoms with Gasteiger partial charge in [-0.1, -0.05) is 84.5 Å². The molecule has 176 valence electrons. The van der Waals surface area contributed by atoms with Crippen molar-refractivity contribution in [2.45, 2.75) is 117 Å². The summed E-state index contributed by atoms with van der Waals surface area (Å²) in [5, 5.41) is 0. The minimum atomic E-state index is -0.339. The Kier molecular flexibility index (Phi) is 15.6. The van der Waals surface area contributed by atoms with Crippen molar-refractivity contribution in [3.63, 3.8) is 0 Å². The zero-order valence-corrected chi connectivity index (χ0v) is 20.1. The molecule has 0 aliphatic carbocycles. The number of ether oxygens (including phenoxy) is 2. The first kappa shape index (κ1) is 27.2. The molecule has 0 spiro atoms. The van der Waals surface area contributed by atoms with E-state index in [9.17, 15) is 9.59 Å². The van der Waals surface area contributed by atoms with Crippen LogP contribution in [-0.2, 0) is 9.47 Å². The summed E-state index contributed by atoms with van der Waals surface area (Å²) in [5.74, 6) is -0.668. The van der Waals surface area contributed by atoms with Crippen molar-refractivity contribution in [3.8, 4) is 0 Å². The standard InChI is InChI=1S/C27H44O4/c1-4-6-8-9-10-11-12-13-14-16-22-30-26(28)24-18-20-25(21-19-24)27(29)31-23(3)17-15-7-5-2/h18-21,23H,4-17,22H2,1-3H3. The number of carbonyl (C=O) groups excluding carboxylic acids is 2. The summed E-state index contributed by atoms with van der Waals surface area (Å²) < 4.78 is 10.8. The summed E-state index contributed by atoms with van der Waals surface area (Å²) in [5.41, 5.74) is 0.938. The highest BCUT2D eigenvalue weighted by Gasteiger charge is 2.13. The van der Waals surface area contributed by atoms with Gasteiger partial charge in [-0.25, -0.2) is 9.59 Å². The number of hydrogen-bond acceptors (Lipinski definition) is 4. The topological polar surface area (TPSA) is 52.6 Å². The Hall–Kier alpha value is -1.84. The second-order valence-corrected chi connectivity index (χ2v) is 8.61. The monoisotopic (exact) mass is 432 g/mol. The van der Waals surface area contributed by atoms with Gasteiger partial charge in [0.1, 0.15) is 0 Å². The van der Waals surface area contributed by atoms with E-state index in [-0.39, 0.29) is 18.0 Å². The minimum Gasteiger partial charge on any atom is -0.462 e. The zero-order chi connectivity index (χ0) is 22.7. The van der Waals surface area contributed by atoms with Crippen LogP contribution in [0.2, 0.25) is 0 Å². The minimum absolute atomic E-state index is 0.0928. The highest BCUT2D eigenvalue weighted by Crippen LogP contribution is 2.13. The van der Waals surface area contributed by atoms with Gasteiger partial charge in [-0.2, -0.15) is 0 Å². The highest BCUT2D eigenvalue weighted by molar-refractivity contribution is 5.93. The van der Waals surface area contributed by atoms with Crippen LogP contribution in [0.4, 0.5) is 0 Å². The second kappa shape index (κ2) is 17.8. The summed E-state index contributed by atoms with van der Waals surface area (Å²) in [4.78, 5) is 24.4. The van der Waals surface area contributed by atoms with Crippen LogP contribution in [0.1, 0.15) is 131 Å². The molecular weight excluding hydrogens is 388 g/mol. The third-order valence-electron chi connectivity index (χ3n) is 5.61. The summed E-state index contributed by atoms with van der Waals surface area (Å²) in [6, 6.07) is 6.55. The molecule has 0 aromatic heterocycles. The number of carbonyl (C=O) groups is 2. The molecular formula is C27H44O4. The van der Waals surface area contributed by atoms with E-state index in [0.29, 0.717) is 17.7 Å². The molecule has 0 aliphatic rings. The van der Waals surface area contributed by atoms with Gasteiger partial charge >= 0.3 is 11.9 Å². The van der Waals surface area contributed by atoms with Gasteiger partial charge in [0.05, 0.1) is 23.8 Å². The molecule has 31 heavy (non-hydrogen) atoms. The van der Waals surface area contributed by atoms with Gasteiger partial charge in [0.2, 0.25) is 0 Å². The fourth-order valence-corrected chi connectivity index (χ4v) is 3.57. The molecule has 1 rings (SSSR count). The molecule has 0 aliphatic heterocycles. The SMILES string of the molecule is CCCCCCCCCCCCOC(=O)c1ccc(C(=O)OC(C)CCCCC)cc1. The average molecular weight is 433 g/mol. The van der Waals surface area contributed by atoms with Gasteiger partial charge < -0.3 is 9.47 Å². The van der Waals surface area contributed by atoms with E-state index >= 15 is 0 Å². The van der Waals surface area contributed by atoms with E-state index in [0.717, 1.165) is 38.5 Å². The van der Waals surface area contributed by atoms with Crippen LogP contribution in [0.25, 0.3) is 0 Å². The lowest BCUT2D eigenvalue weighted by molar-refractivity contribution is 0.0318. The number of benzene rings is 1. The maximum absolute atomic E-state index is 12.2. The number of rotatable bonds is 18. The molecule has 0 amide bonds. The molecule has 1 aromatic carbocycles. The van der Waals surface area contributed by atoms with Gasteiger partial charge in [-0.3, -0.25) is 0 Å². The van der Waals surface area contributed by atoms with Crippen molar-refractivity contribution in [2.24, 2.45) is 0 Å². The predicted octanol–water partition coefficient (Wildman–Crippen LogP) is 7.89. The third-order valence-corrected chi connectivity index (χ3v) is 5.61. The number of hydrogen-bond donors (Lipinski definition) is 0. The van der Waals surface area contributed by atoms with Crippen LogP contribution in [0.3, 0.4) is 0 Å². The molecule has 1 atom stereocenters. The van der Waals surface area contributed by atoms with Gasteiger partial charge in [0.15, 0.2) is 0 Å². The first-order chi connectivity index (χ1) is 15.1. The third kappa shape index (κ3) is 13.2. The maximum Gasteiger partial charge on any atom is 0.338 e. The van der Waals surface area contributed by atoms with E-state index in [4.69, 9.17) is 9.47 Å². The first-order valence-electron chi connectivity index (χ1n) is 12.6. The summed E-state index contributed by atoms with van der Waals surface area (Å²) in [7, 11) is 0. The molecule has 1 aromatic rings. The molecule has 0 fully saturated rings. The Morgan fingerprint density at radius 3 is 1.68 bits per heavy atom. The fourth-order valence-electron chi connectivity index (χ4n) is 3.57. The number of unbranched alkanes of at least 4 members (excludes halogenated alkanes) is 11. The molecule has 0 N–H and O–H groups in total. The quantitative estimate of drug-likeness (QED) is 0.175. The highest BCUT2D eigenvalue weighted by atomic mass is 16.5. The van der Waals surface area contributed by atoms with E-state index in [1.165, 1.54) is 51.4 Å². The molecule has 4 heteroatoms. The van der Waals surface area contributed by atoms with Crippen LogP contribution in [-0.4, -0.2) is 24.6 Å². The van der Waals surface area contributed by atoms with Crippen LogP contribution < -0.4 is 0 Å². The van der Waals surface area contributed by atoms with Crippen LogP contribution >= 0.6 is 0 Å². The Balaban J connectivity index is 2.17. The van der Waals surface area contributed by atoms with E-state index in [1.54, 1.807) is 24.3 Å². The first-order valence-corrected chi connectivity index (χ1v) is 12.6. The van der Waals surface area contributed by atoms with Crippen molar-refractivity contribution >= 4 is 11.9 Å². The van der Waals surface area contributed by atoms with Crippen molar-refractivity contribution in [1.82, 2.24) is 0 Å². The lowest BCUT2D eigenvalue weighted by atomic mass is 10.1. The molecule has 0 saturated carbocycles. The van der Waals surface area contributed by atoms with E-state index in [1.807, 2.05) is 6.92 Å². The summed E-state index contributed by atoms with van der Waals surface area (Å²) in [6.07, 6.45) is 16.7. The molecule has 0 saturated heterocycles. The fraction of sp³-hybridized carbons (Fsp3) is 0.704.